The van der Waals surface area contributed by atoms with Crippen LogP contribution in [0.5, 0.6) is 0 Å². The molecule has 0 bridgehead atoms. The van der Waals surface area contributed by atoms with Gasteiger partial charge in [-0.15, -0.1) is 0 Å². The maximum Gasteiger partial charge on any atom is 0.289 e. The van der Waals surface area contributed by atoms with Crippen molar-refractivity contribution in [2.45, 2.75) is 0 Å². The Morgan fingerprint density at radius 3 is 2.81 bits per heavy atom. The Labute approximate surface area is 134 Å². The van der Waals surface area contributed by atoms with Gasteiger partial charge in [0.1, 0.15) is 5.84 Å². The van der Waals surface area contributed by atoms with E-state index in [1.165, 1.54) is 0 Å². The molecular weight excluding hydrogens is 352 g/mol. The van der Waals surface area contributed by atoms with E-state index in [-0.39, 0.29) is 5.24 Å². The Hall–Kier alpha value is -1.86. The first-order valence-electron chi connectivity index (χ1n) is 6.14. The van der Waals surface area contributed by atoms with E-state index in [9.17, 15) is 4.79 Å². The number of benzene rings is 1. The lowest BCUT2D eigenvalue weighted by Gasteiger charge is -1.99. The lowest BCUT2D eigenvalue weighted by Crippen LogP contribution is -2.18. The van der Waals surface area contributed by atoms with E-state index >= 15 is 0 Å². The van der Waals surface area contributed by atoms with Crippen molar-refractivity contribution in [1.82, 2.24) is 15.1 Å². The molecule has 2 heterocycles. The number of carbonyl (C=O) groups excluding carboxylic acids is 1. The Morgan fingerprint density at radius 1 is 1.38 bits per heavy atom. The summed E-state index contributed by atoms with van der Waals surface area (Å²) in [5.74, 6) is 0.566. The minimum Gasteiger partial charge on any atom is -0.300 e. The molecule has 1 aromatic carbocycles. The van der Waals surface area contributed by atoms with Crippen molar-refractivity contribution < 1.29 is 4.79 Å². The zero-order chi connectivity index (χ0) is 14.8. The molecule has 2 aromatic rings. The molecule has 1 amide bonds. The van der Waals surface area contributed by atoms with E-state index in [4.69, 9.17) is 0 Å². The highest BCUT2D eigenvalue weighted by Gasteiger charge is 2.23. The molecule has 1 aliphatic heterocycles. The molecule has 0 saturated carbocycles. The fourth-order valence-electron chi connectivity index (χ4n) is 1.82. The van der Waals surface area contributed by atoms with Gasteiger partial charge in [0.2, 0.25) is 0 Å². The number of aryl methyl sites for hydroxylation is 1. The van der Waals surface area contributed by atoms with Gasteiger partial charge in [-0.05, 0) is 42.1 Å². The minimum atomic E-state index is -0.124. The predicted molar refractivity (Wildman–Crippen MR) is 88.5 cm³/mol. The highest BCUT2D eigenvalue weighted by Crippen LogP contribution is 2.28. The van der Waals surface area contributed by atoms with Gasteiger partial charge in [-0.25, -0.2) is 4.99 Å². The van der Waals surface area contributed by atoms with Crippen molar-refractivity contribution in [3.05, 3.63) is 51.6 Å². The number of thioether (sulfide) groups is 1. The number of hydrogen-bond donors (Lipinski definition) is 1. The molecule has 3 rings (SSSR count). The molecule has 21 heavy (non-hydrogen) atoms. The van der Waals surface area contributed by atoms with Crippen LogP contribution in [0.25, 0.3) is 6.08 Å². The minimum absolute atomic E-state index is 0.124. The summed E-state index contributed by atoms with van der Waals surface area (Å²) in [6.45, 7) is 0. The van der Waals surface area contributed by atoms with Crippen LogP contribution in [0, 0.1) is 0 Å². The van der Waals surface area contributed by atoms with Crippen LogP contribution < -0.4 is 5.32 Å². The molecular formula is C14H11BrN4OS. The average Bonchev–Trinajstić information content (AvgIpc) is 2.99. The van der Waals surface area contributed by atoms with Gasteiger partial charge in [-0.1, -0.05) is 15.9 Å². The summed E-state index contributed by atoms with van der Waals surface area (Å²) in [5.41, 5.74) is 1.72. The average molecular weight is 363 g/mol. The van der Waals surface area contributed by atoms with E-state index in [2.05, 4.69) is 31.3 Å². The Kier molecular flexibility index (Phi) is 3.94. The summed E-state index contributed by atoms with van der Waals surface area (Å²) in [4.78, 5) is 16.9. The fraction of sp³-hybridized carbons (Fsp3) is 0.0714. The number of nitrogens with zero attached hydrogens (tertiary/aromatic N) is 3. The molecule has 1 saturated heterocycles. The largest absolute Gasteiger partial charge is 0.300 e. The van der Waals surface area contributed by atoms with Gasteiger partial charge in [0.05, 0.1) is 16.8 Å². The van der Waals surface area contributed by atoms with Crippen LogP contribution in [0.3, 0.4) is 0 Å². The van der Waals surface area contributed by atoms with Crippen LogP contribution in [0.1, 0.15) is 5.56 Å². The van der Waals surface area contributed by atoms with Gasteiger partial charge in [0, 0.05) is 23.3 Å². The standard InChI is InChI=1S/C14H11BrN4OS/c1-19-8-9(7-16-19)6-12-13(18-14(20)21-12)17-11-4-2-10(15)3-5-11/h2-8H,1H3,(H,17,18,20)/b12-6-. The zero-order valence-electron chi connectivity index (χ0n) is 11.1. The molecule has 1 fully saturated rings. The molecule has 0 spiro atoms. The zero-order valence-corrected chi connectivity index (χ0v) is 13.5. The van der Waals surface area contributed by atoms with Gasteiger partial charge in [0.25, 0.3) is 5.24 Å². The van der Waals surface area contributed by atoms with Gasteiger partial charge in [-0.2, -0.15) is 5.10 Å². The summed E-state index contributed by atoms with van der Waals surface area (Å²) in [6, 6.07) is 7.59. The molecule has 0 aliphatic carbocycles. The van der Waals surface area contributed by atoms with Gasteiger partial charge in [0.15, 0.2) is 0 Å². The Morgan fingerprint density at radius 2 is 2.14 bits per heavy atom. The summed E-state index contributed by atoms with van der Waals surface area (Å²) >= 11 is 4.52. The molecule has 1 aliphatic rings. The summed E-state index contributed by atoms with van der Waals surface area (Å²) < 4.78 is 2.70. The van der Waals surface area contributed by atoms with Crippen molar-refractivity contribution in [2.24, 2.45) is 12.0 Å². The van der Waals surface area contributed by atoms with Crippen LogP contribution >= 0.6 is 27.7 Å². The van der Waals surface area contributed by atoms with E-state index in [0.717, 1.165) is 32.4 Å². The topological polar surface area (TPSA) is 59.3 Å². The normalized spacial score (nSPS) is 18.5. The number of aromatic nitrogens is 2. The molecule has 0 atom stereocenters. The van der Waals surface area contributed by atoms with Crippen molar-refractivity contribution >= 4 is 50.5 Å². The first-order chi connectivity index (χ1) is 10.1. The number of halogens is 1. The summed E-state index contributed by atoms with van der Waals surface area (Å²) in [7, 11) is 1.85. The smallest absolute Gasteiger partial charge is 0.289 e. The molecule has 5 nitrogen and oxygen atoms in total. The lowest BCUT2D eigenvalue weighted by molar-refractivity contribution is 0.265. The predicted octanol–water partition coefficient (Wildman–Crippen LogP) is 3.71. The third kappa shape index (κ3) is 3.43. The van der Waals surface area contributed by atoms with E-state index in [0.29, 0.717) is 5.84 Å². The van der Waals surface area contributed by atoms with Gasteiger partial charge < -0.3 is 5.32 Å². The number of amidine groups is 1. The third-order valence-corrected chi connectivity index (χ3v) is 4.09. The van der Waals surface area contributed by atoms with Gasteiger partial charge >= 0.3 is 0 Å². The lowest BCUT2D eigenvalue weighted by atomic mass is 10.3. The van der Waals surface area contributed by atoms with Crippen molar-refractivity contribution in [3.63, 3.8) is 0 Å². The van der Waals surface area contributed by atoms with E-state index < -0.39 is 0 Å². The second kappa shape index (κ2) is 5.87. The highest BCUT2D eigenvalue weighted by atomic mass is 79.9. The van der Waals surface area contributed by atoms with Crippen molar-refractivity contribution in [3.8, 4) is 0 Å². The van der Waals surface area contributed by atoms with E-state index in [1.807, 2.05) is 43.6 Å². The Balaban J connectivity index is 1.94. The maximum absolute atomic E-state index is 11.6. The molecule has 0 unspecified atom stereocenters. The fourth-order valence-corrected chi connectivity index (χ4v) is 2.82. The van der Waals surface area contributed by atoms with E-state index in [1.54, 1.807) is 10.9 Å². The molecule has 106 valence electrons. The van der Waals surface area contributed by atoms with Crippen LogP contribution in [-0.4, -0.2) is 20.9 Å². The van der Waals surface area contributed by atoms with Crippen molar-refractivity contribution in [2.75, 3.05) is 0 Å². The molecule has 1 N–H and O–H groups in total. The molecule has 1 aromatic heterocycles. The number of nitrogens with one attached hydrogen (secondary N) is 1. The SMILES string of the molecule is Cn1cc(/C=C2\SC(=O)NC2=Nc2ccc(Br)cc2)cn1. The number of amides is 1. The third-order valence-electron chi connectivity index (χ3n) is 2.75. The summed E-state index contributed by atoms with van der Waals surface area (Å²) in [6.07, 6.45) is 5.52. The van der Waals surface area contributed by atoms with Crippen LogP contribution in [0.4, 0.5) is 10.5 Å². The quantitative estimate of drug-likeness (QED) is 0.885. The van der Waals surface area contributed by atoms with Crippen molar-refractivity contribution in [1.29, 1.82) is 0 Å². The summed E-state index contributed by atoms with van der Waals surface area (Å²) in [5, 5.41) is 6.75. The first kappa shape index (κ1) is 14.1. The number of hydrogen-bond acceptors (Lipinski definition) is 4. The number of aliphatic imine (C=N–C) groups is 1. The van der Waals surface area contributed by atoms with Gasteiger partial charge in [-0.3, -0.25) is 9.48 Å². The second-order valence-corrected chi connectivity index (χ2v) is 6.34. The number of carbonyl (C=O) groups is 1. The second-order valence-electron chi connectivity index (χ2n) is 4.41. The van der Waals surface area contributed by atoms with Crippen LogP contribution in [-0.2, 0) is 7.05 Å². The monoisotopic (exact) mass is 362 g/mol. The first-order valence-corrected chi connectivity index (χ1v) is 7.75. The maximum atomic E-state index is 11.6. The number of rotatable bonds is 2. The molecule has 0 radical (unpaired) electrons. The van der Waals surface area contributed by atoms with Crippen LogP contribution in [0.2, 0.25) is 0 Å². The highest BCUT2D eigenvalue weighted by molar-refractivity contribution is 9.10. The molecule has 7 heteroatoms. The Bertz CT molecular complexity index is 749. The van der Waals surface area contributed by atoms with Crippen LogP contribution in [0.15, 0.2) is 51.0 Å².